The summed E-state index contributed by atoms with van der Waals surface area (Å²) in [7, 11) is 0. The summed E-state index contributed by atoms with van der Waals surface area (Å²) in [6, 6.07) is 0. The standard InChI is InChI=1S/C8H15NO/c1-2-7-4-3-5-8(6-7)9-10/h7,10H,2-6H2,1H3. The van der Waals surface area contributed by atoms with Gasteiger partial charge in [-0.3, -0.25) is 0 Å². The molecule has 0 radical (unpaired) electrons. The van der Waals surface area contributed by atoms with Crippen LogP contribution < -0.4 is 0 Å². The van der Waals surface area contributed by atoms with Crippen LogP contribution in [0.4, 0.5) is 0 Å². The lowest BCUT2D eigenvalue weighted by atomic mass is 9.86. The van der Waals surface area contributed by atoms with Crippen molar-refractivity contribution in [2.45, 2.75) is 39.0 Å². The highest BCUT2D eigenvalue weighted by Crippen LogP contribution is 2.24. The molecule has 0 amide bonds. The molecular formula is C8H15NO. The van der Waals surface area contributed by atoms with Gasteiger partial charge in [-0.05, 0) is 31.6 Å². The third-order valence-electron chi connectivity index (χ3n) is 2.32. The van der Waals surface area contributed by atoms with Crippen LogP contribution in [0.2, 0.25) is 0 Å². The van der Waals surface area contributed by atoms with E-state index in [-0.39, 0.29) is 0 Å². The molecule has 1 fully saturated rings. The van der Waals surface area contributed by atoms with Crippen LogP contribution in [0.5, 0.6) is 0 Å². The molecule has 0 aliphatic heterocycles. The van der Waals surface area contributed by atoms with Crippen LogP contribution in [-0.2, 0) is 0 Å². The van der Waals surface area contributed by atoms with Gasteiger partial charge in [-0.1, -0.05) is 18.5 Å². The van der Waals surface area contributed by atoms with Gasteiger partial charge >= 0.3 is 0 Å². The van der Waals surface area contributed by atoms with E-state index in [2.05, 4.69) is 12.1 Å². The molecule has 1 aliphatic rings. The Balaban J connectivity index is 2.39. The Bertz CT molecular complexity index is 131. The Hall–Kier alpha value is -0.530. The van der Waals surface area contributed by atoms with Gasteiger partial charge in [0.15, 0.2) is 0 Å². The molecule has 2 heteroatoms. The van der Waals surface area contributed by atoms with Gasteiger partial charge in [0.05, 0.1) is 5.71 Å². The van der Waals surface area contributed by atoms with Crippen LogP contribution in [0.3, 0.4) is 0 Å². The van der Waals surface area contributed by atoms with E-state index >= 15 is 0 Å². The molecule has 58 valence electrons. The second kappa shape index (κ2) is 3.59. The van der Waals surface area contributed by atoms with Gasteiger partial charge in [-0.25, -0.2) is 0 Å². The highest BCUT2D eigenvalue weighted by atomic mass is 16.4. The maximum absolute atomic E-state index is 8.49. The summed E-state index contributed by atoms with van der Waals surface area (Å²) in [5.74, 6) is 0.777. The molecular weight excluding hydrogens is 126 g/mol. The van der Waals surface area contributed by atoms with Crippen LogP contribution in [0, 0.1) is 5.92 Å². The zero-order chi connectivity index (χ0) is 7.40. The molecule has 1 N–H and O–H groups in total. The second-order valence-corrected chi connectivity index (χ2v) is 3.04. The fourth-order valence-electron chi connectivity index (χ4n) is 1.57. The largest absolute Gasteiger partial charge is 0.411 e. The first-order chi connectivity index (χ1) is 4.86. The molecule has 10 heavy (non-hydrogen) atoms. The maximum atomic E-state index is 8.49. The average Bonchev–Trinajstić information content (AvgIpc) is 2.05. The fourth-order valence-corrected chi connectivity index (χ4v) is 1.57. The predicted molar refractivity (Wildman–Crippen MR) is 41.5 cm³/mol. The first-order valence-corrected chi connectivity index (χ1v) is 4.06. The Labute approximate surface area is 61.9 Å². The molecule has 0 spiro atoms. The van der Waals surface area contributed by atoms with Gasteiger partial charge in [-0.15, -0.1) is 0 Å². The fraction of sp³-hybridized carbons (Fsp3) is 0.875. The molecule has 0 heterocycles. The Kier molecular flexibility index (Phi) is 2.72. The van der Waals surface area contributed by atoms with Crippen molar-refractivity contribution in [3.63, 3.8) is 0 Å². The molecule has 0 aromatic carbocycles. The van der Waals surface area contributed by atoms with Gasteiger partial charge in [-0.2, -0.15) is 0 Å². The summed E-state index contributed by atoms with van der Waals surface area (Å²) in [4.78, 5) is 0. The first kappa shape index (κ1) is 7.58. The van der Waals surface area contributed by atoms with Gasteiger partial charge in [0.2, 0.25) is 0 Å². The summed E-state index contributed by atoms with van der Waals surface area (Å²) in [5.41, 5.74) is 0.998. The van der Waals surface area contributed by atoms with E-state index in [1.807, 2.05) is 0 Å². The number of rotatable bonds is 1. The maximum Gasteiger partial charge on any atom is 0.0573 e. The molecule has 1 saturated carbocycles. The summed E-state index contributed by atoms with van der Waals surface area (Å²) in [6.07, 6.45) is 5.77. The van der Waals surface area contributed by atoms with E-state index in [0.717, 1.165) is 24.5 Å². The number of oxime groups is 1. The van der Waals surface area contributed by atoms with Gasteiger partial charge in [0, 0.05) is 0 Å². The molecule has 1 unspecified atom stereocenters. The molecule has 1 atom stereocenters. The summed E-state index contributed by atoms with van der Waals surface area (Å²) >= 11 is 0. The zero-order valence-electron chi connectivity index (χ0n) is 6.51. The molecule has 1 rings (SSSR count). The second-order valence-electron chi connectivity index (χ2n) is 3.04. The number of nitrogens with zero attached hydrogens (tertiary/aromatic N) is 1. The number of hydrogen-bond acceptors (Lipinski definition) is 2. The van der Waals surface area contributed by atoms with Crippen molar-refractivity contribution in [2.75, 3.05) is 0 Å². The van der Waals surface area contributed by atoms with E-state index in [1.54, 1.807) is 0 Å². The van der Waals surface area contributed by atoms with Crippen molar-refractivity contribution >= 4 is 5.71 Å². The highest BCUT2D eigenvalue weighted by Gasteiger charge is 2.16. The van der Waals surface area contributed by atoms with Crippen molar-refractivity contribution < 1.29 is 5.21 Å². The van der Waals surface area contributed by atoms with Crippen LogP contribution in [-0.4, -0.2) is 10.9 Å². The van der Waals surface area contributed by atoms with Crippen LogP contribution in [0.1, 0.15) is 39.0 Å². The van der Waals surface area contributed by atoms with Crippen LogP contribution in [0.15, 0.2) is 5.16 Å². The first-order valence-electron chi connectivity index (χ1n) is 4.06. The van der Waals surface area contributed by atoms with E-state index in [1.165, 1.54) is 19.3 Å². The van der Waals surface area contributed by atoms with E-state index in [0.29, 0.717) is 0 Å². The summed E-state index contributed by atoms with van der Waals surface area (Å²) in [5, 5.41) is 11.8. The van der Waals surface area contributed by atoms with Crippen molar-refractivity contribution in [1.82, 2.24) is 0 Å². The Morgan fingerprint density at radius 3 is 3.10 bits per heavy atom. The van der Waals surface area contributed by atoms with Crippen molar-refractivity contribution in [3.05, 3.63) is 0 Å². The molecule has 2 nitrogen and oxygen atoms in total. The molecule has 0 aromatic heterocycles. The average molecular weight is 141 g/mol. The highest BCUT2D eigenvalue weighted by molar-refractivity contribution is 5.84. The van der Waals surface area contributed by atoms with E-state index < -0.39 is 0 Å². The zero-order valence-corrected chi connectivity index (χ0v) is 6.51. The van der Waals surface area contributed by atoms with E-state index in [4.69, 9.17) is 5.21 Å². The quantitative estimate of drug-likeness (QED) is 0.441. The molecule has 0 bridgehead atoms. The third kappa shape index (κ3) is 1.72. The lowest BCUT2D eigenvalue weighted by Gasteiger charge is -2.20. The van der Waals surface area contributed by atoms with E-state index in [9.17, 15) is 0 Å². The van der Waals surface area contributed by atoms with Crippen LogP contribution >= 0.6 is 0 Å². The van der Waals surface area contributed by atoms with Gasteiger partial charge in [0.1, 0.15) is 0 Å². The summed E-state index contributed by atoms with van der Waals surface area (Å²) < 4.78 is 0. The Morgan fingerprint density at radius 2 is 2.50 bits per heavy atom. The normalized spacial score (nSPS) is 30.9. The third-order valence-corrected chi connectivity index (χ3v) is 2.32. The minimum atomic E-state index is 0.777. The smallest absolute Gasteiger partial charge is 0.0573 e. The SMILES string of the molecule is CCC1CCCC(=NO)C1. The molecule has 0 saturated heterocycles. The minimum Gasteiger partial charge on any atom is -0.411 e. The van der Waals surface area contributed by atoms with Gasteiger partial charge < -0.3 is 5.21 Å². The lowest BCUT2D eigenvalue weighted by Crippen LogP contribution is -2.14. The molecule has 1 aliphatic carbocycles. The topological polar surface area (TPSA) is 32.6 Å². The Morgan fingerprint density at radius 1 is 1.70 bits per heavy atom. The number of hydrogen-bond donors (Lipinski definition) is 1. The van der Waals surface area contributed by atoms with Crippen molar-refractivity contribution in [3.8, 4) is 0 Å². The summed E-state index contributed by atoms with van der Waals surface area (Å²) in [6.45, 7) is 2.20. The van der Waals surface area contributed by atoms with Crippen molar-refractivity contribution in [2.24, 2.45) is 11.1 Å². The van der Waals surface area contributed by atoms with Crippen LogP contribution in [0.25, 0.3) is 0 Å². The van der Waals surface area contributed by atoms with Gasteiger partial charge in [0.25, 0.3) is 0 Å². The minimum absolute atomic E-state index is 0.777. The molecule has 0 aromatic rings. The van der Waals surface area contributed by atoms with Crippen molar-refractivity contribution in [1.29, 1.82) is 0 Å². The lowest BCUT2D eigenvalue weighted by molar-refractivity contribution is 0.309. The monoisotopic (exact) mass is 141 g/mol. The predicted octanol–water partition coefficient (Wildman–Crippen LogP) is 2.42.